The zero-order valence-corrected chi connectivity index (χ0v) is 72.1. The molecule has 0 bridgehead atoms. The van der Waals surface area contributed by atoms with Gasteiger partial charge in [0, 0.05) is 194 Å². The van der Waals surface area contributed by atoms with Gasteiger partial charge < -0.3 is 73.9 Å². The highest BCUT2D eigenvalue weighted by atomic mass is 16.5. The van der Waals surface area contributed by atoms with Gasteiger partial charge in [0.15, 0.2) is 0 Å². The van der Waals surface area contributed by atoms with Gasteiger partial charge in [0.25, 0.3) is 0 Å². The SMILES string of the molecule is C#CCN(C)C(=N)C(C)C.CC(C)C(=N)N(C)CCN(C)C.CC(C)C(=N)N(C)Cc1ccco1.CC(C)C(=N)N1CCC(C(=O)O)CC1.CC(C)C(=N)N1CCC(C(N)=O)CC1.CC(C)C(=N)N1CCN(C)CC1.CCCN(C)C(=N)C(C)C.CCN(C)C(=N)C(C)C.COCCN(C)C(=N)C(C)C. The lowest BCUT2D eigenvalue weighted by atomic mass is 9.95. The number of rotatable bonds is 23. The van der Waals surface area contributed by atoms with Crippen molar-refractivity contribution in [2.45, 2.75) is 177 Å². The third kappa shape index (κ3) is 50.9. The van der Waals surface area contributed by atoms with Crippen LogP contribution < -0.4 is 5.73 Å². The molecule has 3 aliphatic heterocycles. The van der Waals surface area contributed by atoms with Gasteiger partial charge in [-0.1, -0.05) is 137 Å². The molecule has 4 heterocycles. The van der Waals surface area contributed by atoms with Crippen LogP contribution in [0.2, 0.25) is 0 Å². The highest BCUT2D eigenvalue weighted by molar-refractivity contribution is 5.85. The number of primary amides is 1. The summed E-state index contributed by atoms with van der Waals surface area (Å²) in [4.78, 5) is 43.8. The Kier molecular flexibility index (Phi) is 60.8. The van der Waals surface area contributed by atoms with Crippen LogP contribution in [0.25, 0.3) is 0 Å². The van der Waals surface area contributed by atoms with Crippen LogP contribution >= 0.6 is 0 Å². The molecule has 4 rings (SSSR count). The van der Waals surface area contributed by atoms with Gasteiger partial charge in [0.1, 0.15) is 5.76 Å². The lowest BCUT2D eigenvalue weighted by Crippen LogP contribution is -2.48. The summed E-state index contributed by atoms with van der Waals surface area (Å²) in [7, 11) is 19.5. The number of likely N-dealkylation sites (tertiary alicyclic amines) is 2. The average Bonchev–Trinajstić information content (AvgIpc) is 1.34. The number of likely N-dealkylation sites (N-methyl/N-ethyl adjacent to an activating group) is 4. The Bertz CT molecular complexity index is 2560. The second-order valence-electron chi connectivity index (χ2n) is 30.5. The Morgan fingerprint density at radius 3 is 1.12 bits per heavy atom. The number of terminal acetylenes is 1. The first-order chi connectivity index (χ1) is 48.6. The molecule has 0 aliphatic carbocycles. The van der Waals surface area contributed by atoms with Gasteiger partial charge in [-0.2, -0.15) is 0 Å². The number of piperazine rings is 1. The first-order valence-corrected chi connectivity index (χ1v) is 38.2. The van der Waals surface area contributed by atoms with E-state index < -0.39 is 5.97 Å². The number of carbonyl (C=O) groups is 2. The van der Waals surface area contributed by atoms with E-state index in [1.807, 2.05) is 186 Å². The topological polar surface area (TPSA) is 353 Å². The number of nitrogens with two attached hydrogens (primary N) is 1. The number of amides is 1. The molecule has 1 aromatic heterocycles. The van der Waals surface area contributed by atoms with Crippen LogP contribution in [0, 0.1) is 126 Å². The summed E-state index contributed by atoms with van der Waals surface area (Å²) in [6.07, 6.45) is 10.8. The number of methoxy groups -OCH3 is 1. The van der Waals surface area contributed by atoms with Crippen LogP contribution in [-0.2, 0) is 20.9 Å². The largest absolute Gasteiger partial charge is 0.481 e. The van der Waals surface area contributed by atoms with Gasteiger partial charge in [-0.05, 0) is 72.3 Å². The van der Waals surface area contributed by atoms with Gasteiger partial charge in [0.2, 0.25) is 5.91 Å². The van der Waals surface area contributed by atoms with Crippen LogP contribution in [0.4, 0.5) is 0 Å². The molecule has 0 aromatic carbocycles. The van der Waals surface area contributed by atoms with E-state index in [4.69, 9.17) is 75.1 Å². The standard InChI is InChI=1S/C10H19N3O.C10H18N2O2.C10H16N2O.C9H19N3.C9H21N3.C8H18N2O.C8H18N2.C8H14N2.C7H16N2/c1-7(2)9(11)13-5-3-8(4-6-13)10(12)14;1-7(2)9(11)12-5-3-8(4-6-12)10(13)14;1-8(2)10(11)12(3)7-9-5-4-6-13-9;1-8(2)9(10)12-6-4-11(3)5-7-12;1-8(2)9(10)12(5)7-6-11(3)4;1-7(2)8(9)10(3)5-6-11-4;2*1-5-6-10(4)8(9)7(2)3;1-5-9(4)7(8)6(2)3/h7-8,11H,3-6H2,1-2H3,(H2,12,14);7-8,11H,3-6H2,1-2H3,(H,13,14);4-6,8,11H,7H2,1-3H3;8,10H,4-7H2,1-3H3;8,10H,6-7H2,1-5H3;7,9H,5-6H2,1-4H3;7,9H,5-6H2,1-4H3;1,7,9H,6H2,2-4H3;6,8H,5H2,1-4H3. The van der Waals surface area contributed by atoms with E-state index in [1.54, 1.807) is 18.3 Å². The molecule has 3 fully saturated rings. The van der Waals surface area contributed by atoms with E-state index >= 15 is 0 Å². The van der Waals surface area contributed by atoms with Gasteiger partial charge >= 0.3 is 5.97 Å². The highest BCUT2D eigenvalue weighted by Crippen LogP contribution is 2.20. The molecule has 0 atom stereocenters. The number of ether oxygens (including phenoxy) is 1. The lowest BCUT2D eigenvalue weighted by Gasteiger charge is -2.35. The Hall–Kier alpha value is -7.11. The van der Waals surface area contributed by atoms with Crippen molar-refractivity contribution >= 4 is 64.4 Å². The van der Waals surface area contributed by atoms with E-state index in [1.165, 1.54) is 0 Å². The van der Waals surface area contributed by atoms with E-state index in [0.29, 0.717) is 104 Å². The Morgan fingerprint density at radius 2 is 0.838 bits per heavy atom. The number of amidine groups is 9. The first-order valence-electron chi connectivity index (χ1n) is 38.2. The number of piperidine rings is 2. The zero-order chi connectivity index (χ0) is 82.7. The molecule has 610 valence electrons. The van der Waals surface area contributed by atoms with Crippen molar-refractivity contribution in [1.29, 1.82) is 48.7 Å². The number of hydrogen-bond acceptors (Lipinski definition) is 15. The molecule has 3 aliphatic rings. The number of furan rings is 1. The number of carboxylic acid groups (broad SMARTS) is 1. The normalized spacial score (nSPS) is 13.6. The van der Waals surface area contributed by atoms with Crippen LogP contribution in [0.15, 0.2) is 22.8 Å². The van der Waals surface area contributed by atoms with Crippen LogP contribution in [0.5, 0.6) is 0 Å². The molecule has 0 saturated carbocycles. The minimum atomic E-state index is -0.694. The molecule has 0 spiro atoms. The summed E-state index contributed by atoms with van der Waals surface area (Å²) in [5, 5.41) is 77.8. The average molecular weight is 1480 g/mol. The quantitative estimate of drug-likeness (QED) is 0.0275. The van der Waals surface area contributed by atoms with Gasteiger partial charge in [-0.3, -0.25) is 58.3 Å². The monoisotopic (exact) mass is 1480 g/mol. The number of carboxylic acids is 1. The minimum absolute atomic E-state index is 0.0196. The van der Waals surface area contributed by atoms with Crippen molar-refractivity contribution < 1.29 is 23.8 Å². The Labute approximate surface area is 641 Å². The molecule has 105 heavy (non-hydrogen) atoms. The van der Waals surface area contributed by atoms with Crippen molar-refractivity contribution in [2.75, 3.05) is 169 Å². The number of aliphatic carboxylic acids is 1. The van der Waals surface area contributed by atoms with Gasteiger partial charge in [-0.25, -0.2) is 0 Å². The number of nitrogens with one attached hydrogen (secondary N) is 9. The molecule has 26 nitrogen and oxygen atoms in total. The molecule has 1 aromatic rings. The second kappa shape index (κ2) is 60.0. The zero-order valence-electron chi connectivity index (χ0n) is 72.1. The van der Waals surface area contributed by atoms with Gasteiger partial charge in [-0.15, -0.1) is 6.42 Å². The fraction of sp³-hybridized carbons (Fsp3) is 0.785. The summed E-state index contributed by atoms with van der Waals surface area (Å²) in [5.41, 5.74) is 5.24. The number of hydrogen-bond donors (Lipinski definition) is 11. The number of nitrogens with zero attached hydrogens (tertiary/aromatic N) is 11. The molecule has 0 radical (unpaired) electrons. The maximum absolute atomic E-state index is 10.9. The van der Waals surface area contributed by atoms with E-state index in [0.717, 1.165) is 120 Å². The van der Waals surface area contributed by atoms with Crippen molar-refractivity contribution in [3.63, 3.8) is 0 Å². The molecule has 3 saturated heterocycles. The summed E-state index contributed by atoms with van der Waals surface area (Å²) >= 11 is 0. The van der Waals surface area contributed by atoms with Gasteiger partial charge in [0.05, 0.1) is 84.4 Å². The van der Waals surface area contributed by atoms with Crippen LogP contribution in [0.3, 0.4) is 0 Å². The van der Waals surface area contributed by atoms with Crippen molar-refractivity contribution in [1.82, 2.24) is 53.9 Å². The van der Waals surface area contributed by atoms with Crippen molar-refractivity contribution in [3.05, 3.63) is 24.2 Å². The maximum atomic E-state index is 10.9. The summed E-state index contributed by atoms with van der Waals surface area (Å²) < 4.78 is 10.1. The summed E-state index contributed by atoms with van der Waals surface area (Å²) in [6.45, 7) is 54.5. The first kappa shape index (κ1) is 107. The predicted octanol–water partition coefficient (Wildman–Crippen LogP) is 12.5. The van der Waals surface area contributed by atoms with E-state index in [9.17, 15) is 9.59 Å². The minimum Gasteiger partial charge on any atom is -0.481 e. The van der Waals surface area contributed by atoms with E-state index in [2.05, 4.69) is 83.1 Å². The highest BCUT2D eigenvalue weighted by Gasteiger charge is 2.27. The maximum Gasteiger partial charge on any atom is 0.306 e. The second-order valence-corrected chi connectivity index (χ2v) is 30.5. The third-order valence-corrected chi connectivity index (χ3v) is 17.5. The summed E-state index contributed by atoms with van der Waals surface area (Å²) in [6, 6.07) is 3.78. The van der Waals surface area contributed by atoms with Crippen molar-refractivity contribution in [3.8, 4) is 12.3 Å². The number of carbonyl (C=O) groups excluding carboxylic acids is 1. The molecule has 26 heteroatoms. The molecule has 0 unspecified atom stereocenters. The smallest absolute Gasteiger partial charge is 0.306 e. The predicted molar refractivity (Wildman–Crippen MR) is 446 cm³/mol. The van der Waals surface area contributed by atoms with Crippen molar-refractivity contribution in [2.24, 2.45) is 70.8 Å². The molecule has 1 amide bonds. The Balaban J connectivity index is -0.000000358. The molecule has 12 N–H and O–H groups in total. The summed E-state index contributed by atoms with van der Waals surface area (Å²) in [5.74, 6) is 11.2. The van der Waals surface area contributed by atoms with E-state index in [-0.39, 0.29) is 41.4 Å². The molecular formula is C79H159N21O5. The van der Waals surface area contributed by atoms with Crippen LogP contribution in [-0.4, -0.2) is 292 Å². The van der Waals surface area contributed by atoms with Crippen LogP contribution in [0.1, 0.15) is 176 Å². The lowest BCUT2D eigenvalue weighted by molar-refractivity contribution is -0.143. The molecular weight excluding hydrogens is 1320 g/mol. The fourth-order valence-electron chi connectivity index (χ4n) is 9.95. The Morgan fingerprint density at radius 1 is 0.505 bits per heavy atom. The fourth-order valence-corrected chi connectivity index (χ4v) is 9.95. The third-order valence-electron chi connectivity index (χ3n) is 17.5.